The Bertz CT molecular complexity index is 1170. The van der Waals surface area contributed by atoms with E-state index in [9.17, 15) is 9.59 Å². The SMILES string of the molecule is CC(C)CCN1C(=O)N(CCCc2ccncc2)C(=O)C12CCN(Cc1nc3ccccc3s1)CC2. The molecule has 3 aromatic rings. The number of piperidine rings is 1. The number of aromatic nitrogens is 2. The third-order valence-corrected chi connectivity index (χ3v) is 8.55. The number of para-hydroxylation sites is 1. The molecule has 1 aromatic carbocycles. The number of hydrogen-bond acceptors (Lipinski definition) is 6. The number of urea groups is 1. The summed E-state index contributed by atoms with van der Waals surface area (Å²) >= 11 is 1.74. The number of thiazole rings is 1. The van der Waals surface area contributed by atoms with Crippen LogP contribution in [0.3, 0.4) is 0 Å². The van der Waals surface area contributed by atoms with Gasteiger partial charge in [-0.2, -0.15) is 0 Å². The molecule has 0 saturated carbocycles. The third kappa shape index (κ3) is 5.02. The molecule has 0 unspecified atom stereocenters. The van der Waals surface area contributed by atoms with Crippen molar-refractivity contribution in [2.45, 2.75) is 58.0 Å². The van der Waals surface area contributed by atoms with Gasteiger partial charge in [0.15, 0.2) is 0 Å². The number of carbonyl (C=O) groups is 2. The van der Waals surface area contributed by atoms with Gasteiger partial charge >= 0.3 is 6.03 Å². The Morgan fingerprint density at radius 3 is 2.50 bits per heavy atom. The molecule has 0 N–H and O–H groups in total. The molecule has 1 spiro atoms. The molecule has 0 bridgehead atoms. The smallest absolute Gasteiger partial charge is 0.309 e. The predicted molar refractivity (Wildman–Crippen MR) is 143 cm³/mol. The first-order valence-electron chi connectivity index (χ1n) is 13.1. The highest BCUT2D eigenvalue weighted by Crippen LogP contribution is 2.38. The lowest BCUT2D eigenvalue weighted by molar-refractivity contribution is -0.135. The van der Waals surface area contributed by atoms with Gasteiger partial charge in [0.25, 0.3) is 5.91 Å². The van der Waals surface area contributed by atoms with Gasteiger partial charge in [-0.05, 0) is 67.9 Å². The number of likely N-dealkylation sites (tertiary alicyclic amines) is 1. The molecular weight excluding hydrogens is 470 g/mol. The monoisotopic (exact) mass is 505 g/mol. The Hall–Kier alpha value is -2.84. The summed E-state index contributed by atoms with van der Waals surface area (Å²) < 4.78 is 1.21. The first kappa shape index (κ1) is 24.8. The van der Waals surface area contributed by atoms with Crippen LogP contribution in [0.5, 0.6) is 0 Å². The second-order valence-electron chi connectivity index (χ2n) is 10.4. The molecule has 2 aliphatic rings. The number of pyridine rings is 1. The van der Waals surface area contributed by atoms with Crippen LogP contribution in [-0.4, -0.2) is 68.3 Å². The van der Waals surface area contributed by atoms with Gasteiger partial charge in [0.1, 0.15) is 10.5 Å². The summed E-state index contributed by atoms with van der Waals surface area (Å²) in [4.78, 5) is 42.0. The van der Waals surface area contributed by atoms with E-state index in [1.165, 1.54) is 15.2 Å². The number of aryl methyl sites for hydroxylation is 1. The second kappa shape index (κ2) is 10.6. The maximum atomic E-state index is 13.8. The molecule has 2 aliphatic heterocycles. The zero-order chi connectivity index (χ0) is 25.1. The zero-order valence-electron chi connectivity index (χ0n) is 21.2. The van der Waals surface area contributed by atoms with Crippen LogP contribution in [0.15, 0.2) is 48.8 Å². The van der Waals surface area contributed by atoms with Crippen LogP contribution in [0, 0.1) is 5.92 Å². The van der Waals surface area contributed by atoms with Gasteiger partial charge in [-0.25, -0.2) is 9.78 Å². The number of rotatable bonds is 9. The topological polar surface area (TPSA) is 69.6 Å². The Balaban J connectivity index is 1.26. The highest BCUT2D eigenvalue weighted by Gasteiger charge is 2.57. The molecule has 2 saturated heterocycles. The molecule has 0 atom stereocenters. The predicted octanol–water partition coefficient (Wildman–Crippen LogP) is 4.97. The zero-order valence-corrected chi connectivity index (χ0v) is 22.0. The van der Waals surface area contributed by atoms with Gasteiger partial charge in [-0.15, -0.1) is 11.3 Å². The summed E-state index contributed by atoms with van der Waals surface area (Å²) in [6.07, 6.45) is 7.43. The fourth-order valence-corrected chi connectivity index (χ4v) is 6.42. The van der Waals surface area contributed by atoms with Crippen molar-refractivity contribution in [1.82, 2.24) is 24.7 Å². The molecule has 4 heterocycles. The van der Waals surface area contributed by atoms with Gasteiger partial charge < -0.3 is 4.90 Å². The molecule has 8 heteroatoms. The standard InChI is InChI=1S/C28H35N5O2S/c1-21(2)11-17-33-27(35)32(16-5-6-22-9-14-29-15-10-22)26(34)28(33)12-18-31(19-13-28)20-25-30-23-7-3-4-8-24(23)36-25/h3-4,7-10,14-15,21H,5-6,11-13,16-20H2,1-2H3. The molecular formula is C28H35N5O2S. The fourth-order valence-electron chi connectivity index (χ4n) is 5.41. The summed E-state index contributed by atoms with van der Waals surface area (Å²) in [5, 5.41) is 1.11. The quantitative estimate of drug-likeness (QED) is 0.384. The van der Waals surface area contributed by atoms with Gasteiger partial charge in [0, 0.05) is 38.6 Å². The van der Waals surface area contributed by atoms with Crippen LogP contribution >= 0.6 is 11.3 Å². The minimum atomic E-state index is -0.702. The van der Waals surface area contributed by atoms with Crippen molar-refractivity contribution < 1.29 is 9.59 Å². The Morgan fingerprint density at radius 1 is 1.03 bits per heavy atom. The average Bonchev–Trinajstić information content (AvgIpc) is 3.37. The van der Waals surface area contributed by atoms with E-state index < -0.39 is 5.54 Å². The Kier molecular flexibility index (Phi) is 7.34. The van der Waals surface area contributed by atoms with Crippen LogP contribution in [0.4, 0.5) is 4.79 Å². The van der Waals surface area contributed by atoms with E-state index in [4.69, 9.17) is 4.98 Å². The van der Waals surface area contributed by atoms with Crippen molar-refractivity contribution in [3.63, 3.8) is 0 Å². The Morgan fingerprint density at radius 2 is 1.78 bits per heavy atom. The molecule has 190 valence electrons. The van der Waals surface area contributed by atoms with Crippen LogP contribution < -0.4 is 0 Å². The van der Waals surface area contributed by atoms with Crippen LogP contribution in [0.2, 0.25) is 0 Å². The van der Waals surface area contributed by atoms with E-state index in [2.05, 4.69) is 35.9 Å². The number of nitrogens with zero attached hydrogens (tertiary/aromatic N) is 5. The van der Waals surface area contributed by atoms with E-state index >= 15 is 0 Å². The second-order valence-corrected chi connectivity index (χ2v) is 11.5. The average molecular weight is 506 g/mol. The van der Waals surface area contributed by atoms with Crippen molar-refractivity contribution in [3.05, 3.63) is 59.4 Å². The maximum Gasteiger partial charge on any atom is 0.327 e. The first-order valence-corrected chi connectivity index (χ1v) is 13.9. The van der Waals surface area contributed by atoms with Crippen molar-refractivity contribution in [3.8, 4) is 0 Å². The fraction of sp³-hybridized carbons (Fsp3) is 0.500. The largest absolute Gasteiger partial charge is 0.327 e. The number of imide groups is 1. The summed E-state index contributed by atoms with van der Waals surface area (Å²) in [6, 6.07) is 12.1. The van der Waals surface area contributed by atoms with Crippen molar-refractivity contribution in [1.29, 1.82) is 0 Å². The van der Waals surface area contributed by atoms with Crippen LogP contribution in [0.25, 0.3) is 10.2 Å². The molecule has 0 aliphatic carbocycles. The van der Waals surface area contributed by atoms with Gasteiger partial charge in [0.2, 0.25) is 0 Å². The van der Waals surface area contributed by atoms with Crippen molar-refractivity contribution >= 4 is 33.5 Å². The van der Waals surface area contributed by atoms with Crippen LogP contribution in [0.1, 0.15) is 50.1 Å². The highest BCUT2D eigenvalue weighted by atomic mass is 32.1. The minimum Gasteiger partial charge on any atom is -0.309 e. The third-order valence-electron chi connectivity index (χ3n) is 7.53. The molecule has 2 aromatic heterocycles. The molecule has 5 rings (SSSR count). The Labute approximate surface area is 217 Å². The van der Waals surface area contributed by atoms with Crippen molar-refractivity contribution in [2.24, 2.45) is 5.92 Å². The molecule has 0 radical (unpaired) electrons. The maximum absolute atomic E-state index is 13.8. The van der Waals surface area contributed by atoms with Gasteiger partial charge in [0.05, 0.1) is 16.8 Å². The lowest BCUT2D eigenvalue weighted by Crippen LogP contribution is -2.56. The summed E-state index contributed by atoms with van der Waals surface area (Å²) in [5.41, 5.74) is 1.52. The summed E-state index contributed by atoms with van der Waals surface area (Å²) in [6.45, 7) is 7.82. The first-order chi connectivity index (χ1) is 17.5. The van der Waals surface area contributed by atoms with E-state index in [1.807, 2.05) is 29.2 Å². The van der Waals surface area contributed by atoms with E-state index in [1.54, 1.807) is 23.7 Å². The summed E-state index contributed by atoms with van der Waals surface area (Å²) in [5.74, 6) is 0.482. The van der Waals surface area contributed by atoms with Gasteiger partial charge in [-0.3, -0.25) is 19.6 Å². The molecule has 2 fully saturated rings. The van der Waals surface area contributed by atoms with E-state index in [0.29, 0.717) is 31.8 Å². The van der Waals surface area contributed by atoms with Crippen LogP contribution in [-0.2, 0) is 17.8 Å². The lowest BCUT2D eigenvalue weighted by atomic mass is 9.85. The number of hydrogen-bond donors (Lipinski definition) is 0. The summed E-state index contributed by atoms with van der Waals surface area (Å²) in [7, 11) is 0. The molecule has 3 amide bonds. The highest BCUT2D eigenvalue weighted by molar-refractivity contribution is 7.18. The lowest BCUT2D eigenvalue weighted by Gasteiger charge is -2.42. The normalized spacial score (nSPS) is 18.3. The molecule has 36 heavy (non-hydrogen) atoms. The minimum absolute atomic E-state index is 0.00521. The molecule has 7 nitrogen and oxygen atoms in total. The van der Waals surface area contributed by atoms with E-state index in [-0.39, 0.29) is 11.9 Å². The number of fused-ring (bicyclic) bond motifs is 1. The van der Waals surface area contributed by atoms with Crippen molar-refractivity contribution in [2.75, 3.05) is 26.2 Å². The van der Waals surface area contributed by atoms with Gasteiger partial charge in [-0.1, -0.05) is 26.0 Å². The number of carbonyl (C=O) groups excluding carboxylic acids is 2. The van der Waals surface area contributed by atoms with E-state index in [0.717, 1.165) is 49.4 Å². The number of benzene rings is 1. The number of amides is 3.